The maximum Gasteiger partial charge on any atom is 0.244 e. The van der Waals surface area contributed by atoms with Gasteiger partial charge in [0.15, 0.2) is 0 Å². The molecule has 1 amide bonds. The summed E-state index contributed by atoms with van der Waals surface area (Å²) in [5.41, 5.74) is 4.33. The van der Waals surface area contributed by atoms with Crippen molar-refractivity contribution in [1.82, 2.24) is 5.43 Å². The Kier molecular flexibility index (Phi) is 5.11. The molecular weight excluding hydrogens is 284 g/mol. The van der Waals surface area contributed by atoms with Crippen molar-refractivity contribution < 1.29 is 9.53 Å². The maximum atomic E-state index is 11.9. The van der Waals surface area contributed by atoms with Crippen LogP contribution in [0.3, 0.4) is 0 Å². The molecule has 110 valence electrons. The Balaban J connectivity index is 1.92. The van der Waals surface area contributed by atoms with Gasteiger partial charge in [-0.2, -0.15) is 5.10 Å². The van der Waals surface area contributed by atoms with Crippen LogP contribution in [0.2, 0.25) is 0 Å². The van der Waals surface area contributed by atoms with Crippen molar-refractivity contribution in [3.63, 3.8) is 0 Å². The van der Waals surface area contributed by atoms with Crippen molar-refractivity contribution in [2.45, 2.75) is 20.3 Å². The number of hydrogen-bond donors (Lipinski definition) is 1. The highest BCUT2D eigenvalue weighted by atomic mass is 32.1. The van der Waals surface area contributed by atoms with E-state index in [-0.39, 0.29) is 5.91 Å². The third-order valence-electron chi connectivity index (χ3n) is 2.97. The fourth-order valence-corrected chi connectivity index (χ4v) is 2.61. The molecule has 2 rings (SSSR count). The Labute approximate surface area is 128 Å². The molecule has 0 atom stereocenters. The van der Waals surface area contributed by atoms with Crippen LogP contribution in [0.4, 0.5) is 0 Å². The van der Waals surface area contributed by atoms with Gasteiger partial charge < -0.3 is 4.74 Å². The zero-order valence-electron chi connectivity index (χ0n) is 12.3. The van der Waals surface area contributed by atoms with Crippen LogP contribution >= 0.6 is 11.3 Å². The smallest absolute Gasteiger partial charge is 0.244 e. The fourth-order valence-electron chi connectivity index (χ4n) is 1.80. The van der Waals surface area contributed by atoms with Gasteiger partial charge in [-0.15, -0.1) is 11.3 Å². The van der Waals surface area contributed by atoms with Crippen LogP contribution in [0.25, 0.3) is 0 Å². The number of carbonyl (C=O) groups is 1. The number of thiophene rings is 1. The van der Waals surface area contributed by atoms with Gasteiger partial charge in [-0.3, -0.25) is 4.79 Å². The van der Waals surface area contributed by atoms with E-state index in [0.29, 0.717) is 6.42 Å². The molecule has 0 spiro atoms. The molecule has 0 unspecified atom stereocenters. The number of nitrogens with zero attached hydrogens (tertiary/aromatic N) is 1. The predicted octanol–water partition coefficient (Wildman–Crippen LogP) is 3.15. The van der Waals surface area contributed by atoms with Crippen LogP contribution in [0.1, 0.15) is 22.2 Å². The normalized spacial score (nSPS) is 11.3. The number of nitrogens with one attached hydrogen (secondary N) is 1. The average molecular weight is 302 g/mol. The lowest BCUT2D eigenvalue weighted by molar-refractivity contribution is -0.120. The first-order valence-electron chi connectivity index (χ1n) is 6.61. The molecule has 0 saturated heterocycles. The average Bonchev–Trinajstić information content (AvgIpc) is 2.92. The summed E-state index contributed by atoms with van der Waals surface area (Å²) in [7, 11) is 1.62. The second-order valence-corrected chi connectivity index (χ2v) is 5.96. The van der Waals surface area contributed by atoms with Crippen LogP contribution < -0.4 is 10.2 Å². The first-order valence-corrected chi connectivity index (χ1v) is 7.43. The summed E-state index contributed by atoms with van der Waals surface area (Å²) in [5, 5.41) is 4.14. The molecule has 0 fully saturated rings. The molecule has 4 nitrogen and oxygen atoms in total. The molecule has 1 aromatic heterocycles. The Morgan fingerprint density at radius 1 is 1.24 bits per heavy atom. The highest BCUT2D eigenvalue weighted by Gasteiger charge is 2.04. The van der Waals surface area contributed by atoms with E-state index in [1.54, 1.807) is 18.4 Å². The van der Waals surface area contributed by atoms with Gasteiger partial charge in [0.2, 0.25) is 5.91 Å². The number of methoxy groups -OCH3 is 1. The second-order valence-electron chi connectivity index (χ2n) is 4.67. The van der Waals surface area contributed by atoms with Crippen molar-refractivity contribution >= 4 is 23.0 Å². The van der Waals surface area contributed by atoms with Crippen molar-refractivity contribution in [1.29, 1.82) is 0 Å². The summed E-state index contributed by atoms with van der Waals surface area (Å²) in [5.74, 6) is 0.647. The van der Waals surface area contributed by atoms with E-state index in [0.717, 1.165) is 21.9 Å². The molecule has 0 aliphatic heterocycles. The zero-order chi connectivity index (χ0) is 15.2. The number of carbonyl (C=O) groups excluding carboxylic acids is 1. The third kappa shape index (κ3) is 4.43. The zero-order valence-corrected chi connectivity index (χ0v) is 13.2. The van der Waals surface area contributed by atoms with Crippen molar-refractivity contribution in [3.05, 3.63) is 51.7 Å². The minimum absolute atomic E-state index is 0.132. The predicted molar refractivity (Wildman–Crippen MR) is 86.1 cm³/mol. The molecule has 21 heavy (non-hydrogen) atoms. The Hall–Kier alpha value is -2.14. The standard InChI is InChI=1S/C16H18N2O2S/c1-11-4-9-15(21-11)12(2)17-18-16(19)10-13-5-7-14(20-3)8-6-13/h4-9H,10H2,1-3H3,(H,18,19)/b17-12+. The van der Waals surface area contributed by atoms with E-state index in [1.807, 2.05) is 50.2 Å². The Morgan fingerprint density at radius 2 is 1.95 bits per heavy atom. The number of ether oxygens (including phenoxy) is 1. The molecule has 0 aliphatic carbocycles. The lowest BCUT2D eigenvalue weighted by Gasteiger charge is -2.03. The van der Waals surface area contributed by atoms with E-state index in [4.69, 9.17) is 4.74 Å². The van der Waals surface area contributed by atoms with Gasteiger partial charge in [0.05, 0.1) is 24.1 Å². The molecule has 1 heterocycles. The summed E-state index contributed by atoms with van der Waals surface area (Å²) < 4.78 is 5.08. The third-order valence-corrected chi connectivity index (χ3v) is 4.08. The first-order chi connectivity index (χ1) is 10.1. The van der Waals surface area contributed by atoms with E-state index >= 15 is 0 Å². The summed E-state index contributed by atoms with van der Waals surface area (Å²) in [6, 6.07) is 11.5. The van der Waals surface area contributed by atoms with Crippen molar-refractivity contribution in [2.24, 2.45) is 5.10 Å². The minimum Gasteiger partial charge on any atom is -0.497 e. The minimum atomic E-state index is -0.132. The maximum absolute atomic E-state index is 11.9. The van der Waals surface area contributed by atoms with E-state index in [9.17, 15) is 4.79 Å². The van der Waals surface area contributed by atoms with Crippen LogP contribution in [0.5, 0.6) is 5.75 Å². The Bertz CT molecular complexity index is 645. The molecule has 1 N–H and O–H groups in total. The second kappa shape index (κ2) is 7.04. The van der Waals surface area contributed by atoms with E-state index in [1.165, 1.54) is 4.88 Å². The first kappa shape index (κ1) is 15.3. The number of hydrazone groups is 1. The number of aryl methyl sites for hydroxylation is 1. The van der Waals surface area contributed by atoms with E-state index < -0.39 is 0 Å². The van der Waals surface area contributed by atoms with Gasteiger partial charge in [0, 0.05) is 4.88 Å². The number of amides is 1. The van der Waals surface area contributed by atoms with Crippen LogP contribution in [0, 0.1) is 6.92 Å². The number of rotatable bonds is 5. The quantitative estimate of drug-likeness (QED) is 0.681. The van der Waals surface area contributed by atoms with Crippen LogP contribution in [-0.4, -0.2) is 18.7 Å². The molecule has 0 bridgehead atoms. The summed E-state index contributed by atoms with van der Waals surface area (Å²) in [6.45, 7) is 3.93. The molecule has 2 aromatic rings. The highest BCUT2D eigenvalue weighted by Crippen LogP contribution is 2.15. The summed E-state index contributed by atoms with van der Waals surface area (Å²) >= 11 is 1.66. The van der Waals surface area contributed by atoms with Gasteiger partial charge in [-0.25, -0.2) is 5.43 Å². The van der Waals surface area contributed by atoms with Crippen LogP contribution in [0.15, 0.2) is 41.5 Å². The summed E-state index contributed by atoms with van der Waals surface area (Å²) in [6.07, 6.45) is 0.296. The van der Waals surface area contributed by atoms with E-state index in [2.05, 4.69) is 10.5 Å². The fraction of sp³-hybridized carbons (Fsp3) is 0.250. The molecule has 1 aromatic carbocycles. The summed E-state index contributed by atoms with van der Waals surface area (Å²) in [4.78, 5) is 14.2. The lowest BCUT2D eigenvalue weighted by Crippen LogP contribution is -2.21. The van der Waals surface area contributed by atoms with Gasteiger partial charge in [-0.1, -0.05) is 12.1 Å². The van der Waals surface area contributed by atoms with Crippen molar-refractivity contribution in [2.75, 3.05) is 7.11 Å². The molecule has 0 radical (unpaired) electrons. The van der Waals surface area contributed by atoms with Gasteiger partial charge in [0.1, 0.15) is 5.75 Å². The molecule has 0 saturated carbocycles. The van der Waals surface area contributed by atoms with Crippen LogP contribution in [-0.2, 0) is 11.2 Å². The van der Waals surface area contributed by atoms with Gasteiger partial charge >= 0.3 is 0 Å². The number of benzene rings is 1. The largest absolute Gasteiger partial charge is 0.497 e. The monoisotopic (exact) mass is 302 g/mol. The molecular formula is C16H18N2O2S. The van der Waals surface area contributed by atoms with Gasteiger partial charge in [0.25, 0.3) is 0 Å². The number of hydrogen-bond acceptors (Lipinski definition) is 4. The van der Waals surface area contributed by atoms with Gasteiger partial charge in [-0.05, 0) is 43.7 Å². The van der Waals surface area contributed by atoms with Crippen molar-refractivity contribution in [3.8, 4) is 5.75 Å². The lowest BCUT2D eigenvalue weighted by atomic mass is 10.1. The SMILES string of the molecule is COc1ccc(CC(=O)N/N=C(\C)c2ccc(C)s2)cc1. The Morgan fingerprint density at radius 3 is 2.52 bits per heavy atom. The molecule has 5 heteroatoms. The topological polar surface area (TPSA) is 50.7 Å². The highest BCUT2D eigenvalue weighted by molar-refractivity contribution is 7.14. The molecule has 0 aliphatic rings.